The van der Waals surface area contributed by atoms with E-state index in [4.69, 9.17) is 5.11 Å². The highest BCUT2D eigenvalue weighted by atomic mass is 16.3. The predicted molar refractivity (Wildman–Crippen MR) is 40.1 cm³/mol. The van der Waals surface area contributed by atoms with Crippen LogP contribution in [0.4, 0.5) is 0 Å². The summed E-state index contributed by atoms with van der Waals surface area (Å²) in [5.41, 5.74) is 0. The van der Waals surface area contributed by atoms with E-state index in [2.05, 4.69) is 5.32 Å². The maximum atomic E-state index is 9.31. The summed E-state index contributed by atoms with van der Waals surface area (Å²) < 4.78 is 0. The van der Waals surface area contributed by atoms with Crippen molar-refractivity contribution in [3.63, 3.8) is 0 Å². The van der Waals surface area contributed by atoms with Crippen LogP contribution in [0.25, 0.3) is 0 Å². The summed E-state index contributed by atoms with van der Waals surface area (Å²) in [5.74, 6) is 0. The SMILES string of the molecule is CCC(O)C1NCC(O)C1O. The molecule has 4 N–H and O–H groups in total. The average molecular weight is 161 g/mol. The zero-order valence-corrected chi connectivity index (χ0v) is 6.57. The number of hydrogen-bond acceptors (Lipinski definition) is 4. The van der Waals surface area contributed by atoms with Gasteiger partial charge in [-0.15, -0.1) is 0 Å². The topological polar surface area (TPSA) is 72.7 Å². The summed E-state index contributed by atoms with van der Waals surface area (Å²) in [5, 5.41) is 30.5. The lowest BCUT2D eigenvalue weighted by atomic mass is 10.0. The van der Waals surface area contributed by atoms with Crippen LogP contribution in [0.1, 0.15) is 13.3 Å². The molecule has 1 aliphatic rings. The maximum absolute atomic E-state index is 9.31. The van der Waals surface area contributed by atoms with E-state index in [0.29, 0.717) is 13.0 Å². The number of β-amino-alcohol motifs (C(OH)–C–C–N with tert-alkyl or cyclic N) is 1. The fraction of sp³-hybridized carbons (Fsp3) is 1.00. The molecule has 0 saturated carbocycles. The van der Waals surface area contributed by atoms with Crippen molar-refractivity contribution in [2.24, 2.45) is 0 Å². The van der Waals surface area contributed by atoms with Gasteiger partial charge in [0.2, 0.25) is 0 Å². The Morgan fingerprint density at radius 3 is 2.55 bits per heavy atom. The van der Waals surface area contributed by atoms with Gasteiger partial charge >= 0.3 is 0 Å². The molecule has 0 amide bonds. The van der Waals surface area contributed by atoms with Crippen LogP contribution in [0.5, 0.6) is 0 Å². The average Bonchev–Trinajstić information content (AvgIpc) is 2.32. The Morgan fingerprint density at radius 2 is 2.18 bits per heavy atom. The van der Waals surface area contributed by atoms with Crippen LogP contribution >= 0.6 is 0 Å². The van der Waals surface area contributed by atoms with Crippen LogP contribution < -0.4 is 5.32 Å². The quantitative estimate of drug-likeness (QED) is 0.396. The van der Waals surface area contributed by atoms with Crippen molar-refractivity contribution in [2.75, 3.05) is 6.54 Å². The van der Waals surface area contributed by atoms with Crippen LogP contribution in [0.15, 0.2) is 0 Å². The van der Waals surface area contributed by atoms with Gasteiger partial charge in [-0.05, 0) is 6.42 Å². The van der Waals surface area contributed by atoms with Gasteiger partial charge < -0.3 is 20.6 Å². The third kappa shape index (κ3) is 1.70. The molecule has 1 saturated heterocycles. The van der Waals surface area contributed by atoms with Gasteiger partial charge in [-0.25, -0.2) is 0 Å². The molecule has 1 rings (SSSR count). The van der Waals surface area contributed by atoms with Crippen molar-refractivity contribution in [1.29, 1.82) is 0 Å². The van der Waals surface area contributed by atoms with Gasteiger partial charge in [0, 0.05) is 6.54 Å². The lowest BCUT2D eigenvalue weighted by molar-refractivity contribution is 0.00598. The highest BCUT2D eigenvalue weighted by Crippen LogP contribution is 2.12. The van der Waals surface area contributed by atoms with Gasteiger partial charge in [0.05, 0.1) is 24.4 Å². The summed E-state index contributed by atoms with van der Waals surface area (Å²) >= 11 is 0. The highest BCUT2D eigenvalue weighted by Gasteiger charge is 2.36. The Morgan fingerprint density at radius 1 is 1.55 bits per heavy atom. The Kier molecular flexibility index (Phi) is 2.84. The Balaban J connectivity index is 2.47. The van der Waals surface area contributed by atoms with E-state index in [9.17, 15) is 10.2 Å². The largest absolute Gasteiger partial charge is 0.391 e. The molecular weight excluding hydrogens is 146 g/mol. The van der Waals surface area contributed by atoms with Gasteiger partial charge in [-0.1, -0.05) is 6.92 Å². The van der Waals surface area contributed by atoms with Crippen LogP contribution in [0.3, 0.4) is 0 Å². The van der Waals surface area contributed by atoms with Crippen molar-refractivity contribution < 1.29 is 15.3 Å². The second kappa shape index (κ2) is 3.49. The minimum Gasteiger partial charge on any atom is -0.391 e. The van der Waals surface area contributed by atoms with Crippen LogP contribution in [-0.4, -0.2) is 46.2 Å². The van der Waals surface area contributed by atoms with Gasteiger partial charge in [0.15, 0.2) is 0 Å². The van der Waals surface area contributed by atoms with Gasteiger partial charge in [0.25, 0.3) is 0 Å². The molecule has 0 spiro atoms. The zero-order chi connectivity index (χ0) is 8.43. The fourth-order valence-corrected chi connectivity index (χ4v) is 1.36. The maximum Gasteiger partial charge on any atom is 0.0989 e. The molecule has 1 heterocycles. The van der Waals surface area contributed by atoms with Crippen LogP contribution in [0.2, 0.25) is 0 Å². The van der Waals surface area contributed by atoms with Crippen LogP contribution in [-0.2, 0) is 0 Å². The first-order valence-corrected chi connectivity index (χ1v) is 3.94. The lowest BCUT2D eigenvalue weighted by Crippen LogP contribution is -2.42. The van der Waals surface area contributed by atoms with E-state index >= 15 is 0 Å². The molecule has 0 aliphatic carbocycles. The molecule has 1 aliphatic heterocycles. The Bertz CT molecular complexity index is 131. The molecule has 66 valence electrons. The number of nitrogens with one attached hydrogen (secondary N) is 1. The summed E-state index contributed by atoms with van der Waals surface area (Å²) in [6.07, 6.45) is -1.55. The highest BCUT2D eigenvalue weighted by molar-refractivity contribution is 4.93. The van der Waals surface area contributed by atoms with Crippen molar-refractivity contribution in [1.82, 2.24) is 5.32 Å². The number of rotatable bonds is 2. The third-order valence-corrected chi connectivity index (χ3v) is 2.16. The number of aliphatic hydroxyl groups is 3. The molecule has 11 heavy (non-hydrogen) atoms. The summed E-state index contributed by atoms with van der Waals surface area (Å²) in [6, 6.07) is -0.366. The molecule has 0 aromatic carbocycles. The monoisotopic (exact) mass is 161 g/mol. The minimum absolute atomic E-state index is 0.364. The second-order valence-electron chi connectivity index (χ2n) is 2.97. The summed E-state index contributed by atoms with van der Waals surface area (Å²) in [4.78, 5) is 0. The molecule has 0 radical (unpaired) electrons. The van der Waals surface area contributed by atoms with Crippen LogP contribution in [0, 0.1) is 0 Å². The van der Waals surface area contributed by atoms with Crippen molar-refractivity contribution in [3.05, 3.63) is 0 Å². The van der Waals surface area contributed by atoms with E-state index in [-0.39, 0.29) is 6.04 Å². The van der Waals surface area contributed by atoms with Crippen molar-refractivity contribution in [3.8, 4) is 0 Å². The molecule has 4 nitrogen and oxygen atoms in total. The lowest BCUT2D eigenvalue weighted by Gasteiger charge is -2.20. The summed E-state index contributed by atoms with van der Waals surface area (Å²) in [7, 11) is 0. The summed E-state index contributed by atoms with van der Waals surface area (Å²) in [6.45, 7) is 2.20. The first-order chi connectivity index (χ1) is 5.16. The van der Waals surface area contributed by atoms with E-state index < -0.39 is 18.3 Å². The standard InChI is InChI=1S/C7H15NO3/c1-2-4(9)6-7(11)5(10)3-8-6/h4-11H,2-3H2,1H3. The smallest absolute Gasteiger partial charge is 0.0989 e. The van der Waals surface area contributed by atoms with E-state index in [1.165, 1.54) is 0 Å². The second-order valence-corrected chi connectivity index (χ2v) is 2.97. The fourth-order valence-electron chi connectivity index (χ4n) is 1.36. The predicted octanol–water partition coefficient (Wildman–Crippen LogP) is -1.55. The first kappa shape index (κ1) is 8.93. The molecule has 0 aromatic rings. The van der Waals surface area contributed by atoms with E-state index in [1.54, 1.807) is 0 Å². The molecule has 4 unspecified atom stereocenters. The zero-order valence-electron chi connectivity index (χ0n) is 6.57. The molecule has 0 bridgehead atoms. The van der Waals surface area contributed by atoms with E-state index in [1.807, 2.05) is 6.92 Å². The number of aliphatic hydroxyl groups excluding tert-OH is 3. The Hall–Kier alpha value is -0.160. The molecule has 4 heteroatoms. The Labute approximate surface area is 65.9 Å². The minimum atomic E-state index is -0.829. The molecule has 1 fully saturated rings. The normalized spacial score (nSPS) is 40.9. The molecular formula is C7H15NO3. The van der Waals surface area contributed by atoms with Gasteiger partial charge in [-0.2, -0.15) is 0 Å². The first-order valence-electron chi connectivity index (χ1n) is 3.94. The number of hydrogen-bond donors (Lipinski definition) is 4. The van der Waals surface area contributed by atoms with Gasteiger partial charge in [-0.3, -0.25) is 0 Å². The molecule has 4 atom stereocenters. The third-order valence-electron chi connectivity index (χ3n) is 2.16. The van der Waals surface area contributed by atoms with Crippen molar-refractivity contribution >= 4 is 0 Å². The van der Waals surface area contributed by atoms with Gasteiger partial charge in [0.1, 0.15) is 0 Å². The van der Waals surface area contributed by atoms with Crippen molar-refractivity contribution in [2.45, 2.75) is 37.7 Å². The molecule has 0 aromatic heterocycles. The van der Waals surface area contributed by atoms with E-state index in [0.717, 1.165) is 0 Å².